The van der Waals surface area contributed by atoms with Crippen molar-refractivity contribution in [3.63, 3.8) is 0 Å². The lowest BCUT2D eigenvalue weighted by Gasteiger charge is -2.14. The highest BCUT2D eigenvalue weighted by Crippen LogP contribution is 2.05. The van der Waals surface area contributed by atoms with Gasteiger partial charge in [0.25, 0.3) is 0 Å². The SMILES string of the molecule is C#CCC(O)C(C)COC. The van der Waals surface area contributed by atoms with E-state index in [1.807, 2.05) is 6.92 Å². The van der Waals surface area contributed by atoms with Crippen LogP contribution in [0.4, 0.5) is 0 Å². The Morgan fingerprint density at radius 2 is 2.30 bits per heavy atom. The monoisotopic (exact) mass is 142 g/mol. The van der Waals surface area contributed by atoms with Gasteiger partial charge < -0.3 is 9.84 Å². The van der Waals surface area contributed by atoms with Gasteiger partial charge in [0.15, 0.2) is 0 Å². The molecular formula is C8H14O2. The molecule has 0 radical (unpaired) electrons. The summed E-state index contributed by atoms with van der Waals surface area (Å²) in [5.41, 5.74) is 0. The van der Waals surface area contributed by atoms with Crippen molar-refractivity contribution in [2.24, 2.45) is 5.92 Å². The van der Waals surface area contributed by atoms with E-state index >= 15 is 0 Å². The molecule has 0 amide bonds. The quantitative estimate of drug-likeness (QED) is 0.584. The minimum absolute atomic E-state index is 0.126. The van der Waals surface area contributed by atoms with E-state index in [4.69, 9.17) is 11.2 Å². The smallest absolute Gasteiger partial charge is 0.0696 e. The fraction of sp³-hybridized carbons (Fsp3) is 0.750. The second-order valence-corrected chi connectivity index (χ2v) is 2.41. The lowest BCUT2D eigenvalue weighted by molar-refractivity contribution is 0.0603. The van der Waals surface area contributed by atoms with Crippen LogP contribution < -0.4 is 0 Å². The highest BCUT2D eigenvalue weighted by atomic mass is 16.5. The third-order valence-corrected chi connectivity index (χ3v) is 1.41. The number of ether oxygens (including phenoxy) is 1. The summed E-state index contributed by atoms with van der Waals surface area (Å²) >= 11 is 0. The maximum absolute atomic E-state index is 9.23. The summed E-state index contributed by atoms with van der Waals surface area (Å²) in [6, 6.07) is 0. The molecule has 0 saturated carbocycles. The number of aliphatic hydroxyl groups is 1. The first-order chi connectivity index (χ1) is 4.72. The van der Waals surface area contributed by atoms with Gasteiger partial charge in [0.2, 0.25) is 0 Å². The molecule has 1 N–H and O–H groups in total. The van der Waals surface area contributed by atoms with E-state index in [0.717, 1.165) is 0 Å². The van der Waals surface area contributed by atoms with Crippen molar-refractivity contribution in [2.45, 2.75) is 19.4 Å². The zero-order valence-corrected chi connectivity index (χ0v) is 6.50. The van der Waals surface area contributed by atoms with E-state index in [2.05, 4.69) is 5.92 Å². The number of hydrogen-bond donors (Lipinski definition) is 1. The third-order valence-electron chi connectivity index (χ3n) is 1.41. The van der Waals surface area contributed by atoms with Crippen molar-refractivity contribution in [2.75, 3.05) is 13.7 Å². The molecule has 0 aliphatic rings. The Kier molecular flexibility index (Phi) is 5.00. The van der Waals surface area contributed by atoms with Crippen LogP contribution in [0.3, 0.4) is 0 Å². The predicted molar refractivity (Wildman–Crippen MR) is 40.5 cm³/mol. The molecule has 0 aromatic carbocycles. The number of hydrogen-bond acceptors (Lipinski definition) is 2. The van der Waals surface area contributed by atoms with E-state index in [1.165, 1.54) is 0 Å². The van der Waals surface area contributed by atoms with Crippen molar-refractivity contribution in [1.82, 2.24) is 0 Å². The summed E-state index contributed by atoms with van der Waals surface area (Å²) in [6.45, 7) is 2.47. The van der Waals surface area contributed by atoms with Crippen LogP contribution in [0.1, 0.15) is 13.3 Å². The average molecular weight is 142 g/mol. The minimum Gasteiger partial charge on any atom is -0.392 e. The topological polar surface area (TPSA) is 29.5 Å². The second kappa shape index (κ2) is 5.28. The van der Waals surface area contributed by atoms with Gasteiger partial charge in [-0.05, 0) is 0 Å². The Morgan fingerprint density at radius 1 is 1.70 bits per heavy atom. The summed E-state index contributed by atoms with van der Waals surface area (Å²) in [7, 11) is 1.61. The Hall–Kier alpha value is -0.520. The molecule has 0 aliphatic carbocycles. The first kappa shape index (κ1) is 9.48. The molecule has 0 bridgehead atoms. The Morgan fingerprint density at radius 3 is 2.70 bits per heavy atom. The highest BCUT2D eigenvalue weighted by Gasteiger charge is 2.11. The van der Waals surface area contributed by atoms with Gasteiger partial charge in [0.1, 0.15) is 0 Å². The van der Waals surface area contributed by atoms with E-state index < -0.39 is 6.10 Å². The summed E-state index contributed by atoms with van der Waals surface area (Å²) < 4.78 is 4.84. The number of terminal acetylenes is 1. The molecule has 0 rings (SSSR count). The minimum atomic E-state index is -0.426. The van der Waals surface area contributed by atoms with Gasteiger partial charge in [-0.25, -0.2) is 0 Å². The number of aliphatic hydroxyl groups excluding tert-OH is 1. The van der Waals surface area contributed by atoms with Gasteiger partial charge in [-0.15, -0.1) is 12.3 Å². The Balaban J connectivity index is 3.50. The van der Waals surface area contributed by atoms with Crippen LogP contribution in [-0.2, 0) is 4.74 Å². The Labute approximate surface area is 62.2 Å². The lowest BCUT2D eigenvalue weighted by atomic mass is 10.0. The molecule has 0 saturated heterocycles. The van der Waals surface area contributed by atoms with Crippen LogP contribution in [0.5, 0.6) is 0 Å². The van der Waals surface area contributed by atoms with Gasteiger partial charge in [-0.2, -0.15) is 0 Å². The van der Waals surface area contributed by atoms with E-state index in [0.29, 0.717) is 13.0 Å². The van der Waals surface area contributed by atoms with E-state index in [-0.39, 0.29) is 5.92 Å². The van der Waals surface area contributed by atoms with E-state index in [9.17, 15) is 5.11 Å². The standard InChI is InChI=1S/C8H14O2/c1-4-5-8(9)7(2)6-10-3/h1,7-9H,5-6H2,2-3H3. The molecule has 10 heavy (non-hydrogen) atoms. The predicted octanol–water partition coefficient (Wildman–Crippen LogP) is 0.653. The molecular weight excluding hydrogens is 128 g/mol. The van der Waals surface area contributed by atoms with Crippen LogP contribution in [-0.4, -0.2) is 24.9 Å². The summed E-state index contributed by atoms with van der Waals surface area (Å²) in [6.07, 6.45) is 4.99. The van der Waals surface area contributed by atoms with Crippen LogP contribution in [0, 0.1) is 18.3 Å². The van der Waals surface area contributed by atoms with Crippen LogP contribution in [0.15, 0.2) is 0 Å². The molecule has 0 heterocycles. The fourth-order valence-corrected chi connectivity index (χ4v) is 0.696. The Bertz CT molecular complexity index is 115. The maximum atomic E-state index is 9.23. The molecule has 0 fully saturated rings. The summed E-state index contributed by atoms with van der Waals surface area (Å²) in [4.78, 5) is 0. The molecule has 0 aromatic rings. The molecule has 2 heteroatoms. The van der Waals surface area contributed by atoms with Crippen molar-refractivity contribution in [1.29, 1.82) is 0 Å². The zero-order valence-electron chi connectivity index (χ0n) is 6.50. The molecule has 2 nitrogen and oxygen atoms in total. The molecule has 2 unspecified atom stereocenters. The van der Waals surface area contributed by atoms with Crippen molar-refractivity contribution < 1.29 is 9.84 Å². The molecule has 0 aromatic heterocycles. The molecule has 0 aliphatic heterocycles. The largest absolute Gasteiger partial charge is 0.392 e. The first-order valence-corrected chi connectivity index (χ1v) is 3.32. The summed E-state index contributed by atoms with van der Waals surface area (Å²) in [5, 5.41) is 9.23. The van der Waals surface area contributed by atoms with E-state index in [1.54, 1.807) is 7.11 Å². The van der Waals surface area contributed by atoms with Gasteiger partial charge in [-0.3, -0.25) is 0 Å². The summed E-state index contributed by atoms with van der Waals surface area (Å²) in [5.74, 6) is 2.53. The zero-order chi connectivity index (χ0) is 7.98. The van der Waals surface area contributed by atoms with Crippen LogP contribution in [0.25, 0.3) is 0 Å². The van der Waals surface area contributed by atoms with Crippen LogP contribution in [0.2, 0.25) is 0 Å². The van der Waals surface area contributed by atoms with Gasteiger partial charge in [-0.1, -0.05) is 6.92 Å². The van der Waals surface area contributed by atoms with Gasteiger partial charge >= 0.3 is 0 Å². The van der Waals surface area contributed by atoms with Crippen molar-refractivity contribution >= 4 is 0 Å². The normalized spacial score (nSPS) is 15.8. The molecule has 58 valence electrons. The highest BCUT2D eigenvalue weighted by molar-refractivity contribution is 4.88. The lowest BCUT2D eigenvalue weighted by Crippen LogP contribution is -2.20. The third kappa shape index (κ3) is 3.49. The average Bonchev–Trinajstić information content (AvgIpc) is 1.89. The van der Waals surface area contributed by atoms with Crippen molar-refractivity contribution in [3.8, 4) is 12.3 Å². The second-order valence-electron chi connectivity index (χ2n) is 2.41. The fourth-order valence-electron chi connectivity index (χ4n) is 0.696. The number of rotatable bonds is 4. The van der Waals surface area contributed by atoms with Crippen molar-refractivity contribution in [3.05, 3.63) is 0 Å². The first-order valence-electron chi connectivity index (χ1n) is 3.32. The van der Waals surface area contributed by atoms with Gasteiger partial charge in [0.05, 0.1) is 12.7 Å². The number of methoxy groups -OCH3 is 1. The van der Waals surface area contributed by atoms with Gasteiger partial charge in [0, 0.05) is 19.4 Å². The molecule has 2 atom stereocenters. The molecule has 0 spiro atoms. The van der Waals surface area contributed by atoms with Crippen LogP contribution >= 0.6 is 0 Å². The maximum Gasteiger partial charge on any atom is 0.0696 e.